The lowest BCUT2D eigenvalue weighted by Crippen LogP contribution is -2.43. The first-order valence-electron chi connectivity index (χ1n) is 7.62. The number of methoxy groups -OCH3 is 1. The molecule has 0 saturated carbocycles. The molecule has 1 aliphatic heterocycles. The highest BCUT2D eigenvalue weighted by Gasteiger charge is 2.30. The Hall–Kier alpha value is -2.19. The average Bonchev–Trinajstić information content (AvgIpc) is 2.66. The number of aliphatic hydroxyl groups excluding tert-OH is 1. The molecule has 25 heavy (non-hydrogen) atoms. The first kappa shape index (κ1) is 17.6. The van der Waals surface area contributed by atoms with Crippen LogP contribution in [0.5, 0.6) is 5.75 Å². The lowest BCUT2D eigenvalue weighted by Gasteiger charge is -2.32. The number of rotatable bonds is 6. The van der Waals surface area contributed by atoms with Gasteiger partial charge >= 0.3 is 0 Å². The Kier molecular flexibility index (Phi) is 5.50. The third kappa shape index (κ3) is 3.59. The van der Waals surface area contributed by atoms with Gasteiger partial charge in [0.05, 0.1) is 31.0 Å². The standard InChI is InChI=1S/C17H17ClFN3O3/c1-24-12-7-5-11(6-8-12)16-20-15-13(3-2-4-14(15)18)17(21-16)22(25-19)9-10-23/h2-8,17,23H,9-10H2,1H3,(H,20,21). The second-order valence-corrected chi connectivity index (χ2v) is 5.75. The number of para-hydroxylation sites is 1. The number of benzene rings is 2. The number of hydrogen-bond donors (Lipinski definition) is 2. The van der Waals surface area contributed by atoms with Crippen molar-refractivity contribution in [3.63, 3.8) is 0 Å². The predicted molar refractivity (Wildman–Crippen MR) is 92.5 cm³/mol. The van der Waals surface area contributed by atoms with Crippen molar-refractivity contribution >= 4 is 23.1 Å². The maximum absolute atomic E-state index is 13.0. The van der Waals surface area contributed by atoms with Gasteiger partial charge in [-0.05, 0) is 34.9 Å². The van der Waals surface area contributed by atoms with E-state index in [0.29, 0.717) is 27.9 Å². The largest absolute Gasteiger partial charge is 0.497 e. The molecule has 8 heteroatoms. The van der Waals surface area contributed by atoms with Crippen LogP contribution in [-0.2, 0) is 5.04 Å². The van der Waals surface area contributed by atoms with Gasteiger partial charge in [-0.15, -0.1) is 5.06 Å². The van der Waals surface area contributed by atoms with Gasteiger partial charge in [0.1, 0.15) is 17.8 Å². The Bertz CT molecular complexity index is 770. The molecular formula is C17H17ClFN3O3. The average molecular weight is 366 g/mol. The van der Waals surface area contributed by atoms with Crippen molar-refractivity contribution in [1.29, 1.82) is 0 Å². The molecule has 2 aromatic rings. The van der Waals surface area contributed by atoms with Gasteiger partial charge < -0.3 is 15.2 Å². The first-order valence-corrected chi connectivity index (χ1v) is 8.00. The maximum Gasteiger partial charge on any atom is 0.135 e. The highest BCUT2D eigenvalue weighted by Crippen LogP contribution is 2.38. The molecule has 0 amide bonds. The lowest BCUT2D eigenvalue weighted by molar-refractivity contribution is -0.343. The summed E-state index contributed by atoms with van der Waals surface area (Å²) in [6, 6.07) is 12.5. The third-order valence-electron chi connectivity index (χ3n) is 3.87. The summed E-state index contributed by atoms with van der Waals surface area (Å²) in [6.07, 6.45) is -0.694. The van der Waals surface area contributed by atoms with E-state index in [0.717, 1.165) is 10.6 Å². The van der Waals surface area contributed by atoms with E-state index >= 15 is 0 Å². The molecule has 6 nitrogen and oxygen atoms in total. The summed E-state index contributed by atoms with van der Waals surface area (Å²) in [4.78, 5) is 4.56. The second kappa shape index (κ2) is 7.79. The van der Waals surface area contributed by atoms with E-state index in [-0.39, 0.29) is 13.2 Å². The van der Waals surface area contributed by atoms with Crippen molar-refractivity contribution in [2.24, 2.45) is 4.99 Å². The van der Waals surface area contributed by atoms with Crippen LogP contribution in [0.4, 0.5) is 10.2 Å². The number of aliphatic hydroxyl groups is 1. The van der Waals surface area contributed by atoms with Crippen molar-refractivity contribution < 1.29 is 19.4 Å². The van der Waals surface area contributed by atoms with Gasteiger partial charge in [-0.2, -0.15) is 0 Å². The molecule has 2 N–H and O–H groups in total. The van der Waals surface area contributed by atoms with E-state index in [2.05, 4.69) is 15.4 Å². The number of halogens is 2. The van der Waals surface area contributed by atoms with Crippen LogP contribution in [0.1, 0.15) is 17.3 Å². The minimum absolute atomic E-state index is 0.0317. The van der Waals surface area contributed by atoms with Crippen LogP contribution in [0.2, 0.25) is 5.02 Å². The smallest absolute Gasteiger partial charge is 0.135 e. The maximum atomic E-state index is 13.0. The van der Waals surface area contributed by atoms with Crippen LogP contribution in [0, 0.1) is 0 Å². The summed E-state index contributed by atoms with van der Waals surface area (Å²) in [5, 5.41) is 17.7. The summed E-state index contributed by atoms with van der Waals surface area (Å²) >= 11 is 6.28. The molecule has 0 aliphatic carbocycles. The predicted octanol–water partition coefficient (Wildman–Crippen LogP) is 3.14. The molecule has 2 aromatic carbocycles. The zero-order valence-electron chi connectivity index (χ0n) is 13.4. The summed E-state index contributed by atoms with van der Waals surface area (Å²) < 4.78 is 18.2. The minimum Gasteiger partial charge on any atom is -0.497 e. The van der Waals surface area contributed by atoms with Crippen LogP contribution in [-0.4, -0.2) is 36.3 Å². The molecule has 1 heterocycles. The zero-order valence-corrected chi connectivity index (χ0v) is 14.2. The number of nitrogens with one attached hydrogen (secondary N) is 1. The molecule has 1 aliphatic rings. The third-order valence-corrected chi connectivity index (χ3v) is 4.18. The van der Waals surface area contributed by atoms with Gasteiger partial charge in [-0.25, -0.2) is 4.99 Å². The van der Waals surface area contributed by atoms with Gasteiger partial charge in [0.15, 0.2) is 0 Å². The fourth-order valence-electron chi connectivity index (χ4n) is 2.65. The van der Waals surface area contributed by atoms with E-state index in [1.807, 2.05) is 12.1 Å². The Balaban J connectivity index is 2.04. The lowest BCUT2D eigenvalue weighted by atomic mass is 10.1. The van der Waals surface area contributed by atoms with E-state index in [1.54, 1.807) is 37.4 Å². The molecule has 1 atom stereocenters. The molecule has 0 aromatic heterocycles. The quantitative estimate of drug-likeness (QED) is 0.770. The van der Waals surface area contributed by atoms with Crippen LogP contribution in [0.25, 0.3) is 0 Å². The van der Waals surface area contributed by atoms with Crippen molar-refractivity contribution in [2.75, 3.05) is 20.3 Å². The Morgan fingerprint density at radius 2 is 2.04 bits per heavy atom. The number of hydrogen-bond acceptors (Lipinski definition) is 6. The molecule has 0 saturated heterocycles. The number of nitrogens with zero attached hydrogens (tertiary/aromatic N) is 2. The topological polar surface area (TPSA) is 66.3 Å². The molecule has 132 valence electrons. The summed E-state index contributed by atoms with van der Waals surface area (Å²) in [5.74, 6) is 1.22. The molecule has 0 spiro atoms. The SMILES string of the molecule is COc1ccc(C2=Nc3c(Cl)cccc3C(N(CCO)OF)N2)cc1. The molecule has 0 bridgehead atoms. The fourth-order valence-corrected chi connectivity index (χ4v) is 2.87. The van der Waals surface area contributed by atoms with Gasteiger partial charge in [-0.1, -0.05) is 28.8 Å². The van der Waals surface area contributed by atoms with Crippen LogP contribution < -0.4 is 10.1 Å². The van der Waals surface area contributed by atoms with E-state index in [1.165, 1.54) is 0 Å². The van der Waals surface area contributed by atoms with Crippen LogP contribution >= 0.6 is 11.6 Å². The van der Waals surface area contributed by atoms with Crippen molar-refractivity contribution in [2.45, 2.75) is 6.17 Å². The molecule has 3 rings (SSSR count). The van der Waals surface area contributed by atoms with Crippen molar-refractivity contribution in [3.8, 4) is 5.75 Å². The summed E-state index contributed by atoms with van der Waals surface area (Å²) in [7, 11) is 1.59. The highest BCUT2D eigenvalue weighted by molar-refractivity contribution is 6.33. The van der Waals surface area contributed by atoms with E-state index < -0.39 is 6.17 Å². The number of amidine groups is 1. The summed E-state index contributed by atoms with van der Waals surface area (Å²) in [6.45, 7) is -0.303. The second-order valence-electron chi connectivity index (χ2n) is 5.35. The van der Waals surface area contributed by atoms with Gasteiger partial charge in [-0.3, -0.25) is 0 Å². The first-order chi connectivity index (χ1) is 12.2. The van der Waals surface area contributed by atoms with Gasteiger partial charge in [0, 0.05) is 11.1 Å². The highest BCUT2D eigenvalue weighted by atomic mass is 35.5. The van der Waals surface area contributed by atoms with E-state index in [4.69, 9.17) is 21.4 Å². The molecule has 1 unspecified atom stereocenters. The minimum atomic E-state index is -0.694. The Morgan fingerprint density at radius 1 is 1.28 bits per heavy atom. The number of fused-ring (bicyclic) bond motifs is 1. The molecule has 0 fully saturated rings. The number of aliphatic imine (C=N–C) groups is 1. The fraction of sp³-hybridized carbons (Fsp3) is 0.235. The van der Waals surface area contributed by atoms with E-state index in [9.17, 15) is 4.53 Å². The number of ether oxygens (including phenoxy) is 1. The monoisotopic (exact) mass is 365 g/mol. The zero-order chi connectivity index (χ0) is 17.8. The number of hydroxylamine groups is 2. The Labute approximate surface area is 149 Å². The van der Waals surface area contributed by atoms with Crippen LogP contribution in [0.3, 0.4) is 0 Å². The Morgan fingerprint density at radius 3 is 2.68 bits per heavy atom. The van der Waals surface area contributed by atoms with Gasteiger partial charge in [0.25, 0.3) is 0 Å². The summed E-state index contributed by atoms with van der Waals surface area (Å²) in [5.41, 5.74) is 1.95. The van der Waals surface area contributed by atoms with Crippen molar-refractivity contribution in [1.82, 2.24) is 10.4 Å². The molecule has 0 radical (unpaired) electrons. The normalized spacial score (nSPS) is 16.2. The van der Waals surface area contributed by atoms with Crippen molar-refractivity contribution in [3.05, 3.63) is 58.6 Å². The van der Waals surface area contributed by atoms with Gasteiger partial charge in [0.2, 0.25) is 0 Å². The molecular weight excluding hydrogens is 349 g/mol. The van der Waals surface area contributed by atoms with Crippen LogP contribution in [0.15, 0.2) is 47.5 Å².